The lowest BCUT2D eigenvalue weighted by Crippen LogP contribution is -2.28. The summed E-state index contributed by atoms with van der Waals surface area (Å²) in [6, 6.07) is 12.2. The van der Waals surface area contributed by atoms with Crippen LogP contribution in [0.15, 0.2) is 41.3 Å². The summed E-state index contributed by atoms with van der Waals surface area (Å²) in [7, 11) is 1.65. The van der Waals surface area contributed by atoms with Crippen molar-refractivity contribution in [2.24, 2.45) is 0 Å². The van der Waals surface area contributed by atoms with Crippen LogP contribution in [0.5, 0.6) is 5.75 Å². The van der Waals surface area contributed by atoms with E-state index in [4.69, 9.17) is 4.74 Å². The summed E-state index contributed by atoms with van der Waals surface area (Å²) in [5.74, 6) is 1.23. The lowest BCUT2D eigenvalue weighted by atomic mass is 10.0. The van der Waals surface area contributed by atoms with Crippen LogP contribution in [0.25, 0.3) is 0 Å². The first-order valence-electron chi connectivity index (χ1n) is 8.04. The average Bonchev–Trinajstić information content (AvgIpc) is 2.55. The maximum absolute atomic E-state index is 12.3. The van der Waals surface area contributed by atoms with E-state index < -0.39 is 0 Å². The van der Waals surface area contributed by atoms with Crippen molar-refractivity contribution in [2.45, 2.75) is 38.6 Å². The highest BCUT2D eigenvalue weighted by Crippen LogP contribution is 2.26. The molecule has 0 unspecified atom stereocenters. The van der Waals surface area contributed by atoms with Crippen LogP contribution in [0.2, 0.25) is 0 Å². The van der Waals surface area contributed by atoms with Crippen LogP contribution in [0, 0.1) is 20.8 Å². The number of amides is 1. The molecule has 0 spiro atoms. The number of aryl methyl sites for hydroxylation is 3. The summed E-state index contributed by atoms with van der Waals surface area (Å²) in [4.78, 5) is 13.4. The average molecular weight is 343 g/mol. The Kier molecular flexibility index (Phi) is 6.32. The fourth-order valence-electron chi connectivity index (χ4n) is 2.51. The molecule has 0 aromatic heterocycles. The van der Waals surface area contributed by atoms with Gasteiger partial charge in [-0.1, -0.05) is 23.8 Å². The molecule has 0 bridgehead atoms. The molecule has 0 fully saturated rings. The Morgan fingerprint density at radius 1 is 1.12 bits per heavy atom. The van der Waals surface area contributed by atoms with Gasteiger partial charge in [0.15, 0.2) is 0 Å². The number of methoxy groups -OCH3 is 1. The molecule has 0 aliphatic rings. The van der Waals surface area contributed by atoms with Crippen LogP contribution in [-0.4, -0.2) is 18.8 Å². The van der Waals surface area contributed by atoms with Gasteiger partial charge in [-0.05, 0) is 57.0 Å². The minimum Gasteiger partial charge on any atom is -0.496 e. The smallest absolute Gasteiger partial charge is 0.230 e. The predicted molar refractivity (Wildman–Crippen MR) is 101 cm³/mol. The molecule has 2 aromatic carbocycles. The van der Waals surface area contributed by atoms with Gasteiger partial charge in [-0.25, -0.2) is 0 Å². The van der Waals surface area contributed by atoms with Crippen molar-refractivity contribution in [3.8, 4) is 5.75 Å². The molecule has 1 atom stereocenters. The molecule has 24 heavy (non-hydrogen) atoms. The Hall–Kier alpha value is -1.94. The van der Waals surface area contributed by atoms with Crippen molar-refractivity contribution in [3.05, 3.63) is 58.7 Å². The number of hydrogen-bond acceptors (Lipinski definition) is 3. The van der Waals surface area contributed by atoms with Crippen LogP contribution >= 0.6 is 11.8 Å². The normalized spacial score (nSPS) is 11.9. The van der Waals surface area contributed by atoms with E-state index in [1.807, 2.05) is 26.0 Å². The van der Waals surface area contributed by atoms with Gasteiger partial charge in [0.25, 0.3) is 0 Å². The first-order valence-corrected chi connectivity index (χ1v) is 9.03. The summed E-state index contributed by atoms with van der Waals surface area (Å²) >= 11 is 1.56. The molecule has 4 heteroatoms. The van der Waals surface area contributed by atoms with E-state index in [1.54, 1.807) is 18.9 Å². The van der Waals surface area contributed by atoms with E-state index in [1.165, 1.54) is 11.1 Å². The molecule has 1 N–H and O–H groups in total. The lowest BCUT2D eigenvalue weighted by Gasteiger charge is -2.18. The molecule has 2 aromatic rings. The molecule has 0 aliphatic heterocycles. The van der Waals surface area contributed by atoms with E-state index in [0.717, 1.165) is 21.8 Å². The molecule has 0 radical (unpaired) electrons. The van der Waals surface area contributed by atoms with Crippen LogP contribution < -0.4 is 10.1 Å². The van der Waals surface area contributed by atoms with Crippen molar-refractivity contribution in [2.75, 3.05) is 12.9 Å². The van der Waals surface area contributed by atoms with E-state index in [9.17, 15) is 4.79 Å². The molecule has 128 valence electrons. The molecule has 2 rings (SSSR count). The minimum absolute atomic E-state index is 0.0225. The zero-order chi connectivity index (χ0) is 17.7. The molecule has 0 saturated carbocycles. The van der Waals surface area contributed by atoms with Crippen LogP contribution in [0.4, 0.5) is 0 Å². The molecule has 0 saturated heterocycles. The summed E-state index contributed by atoms with van der Waals surface area (Å²) < 4.78 is 5.40. The Balaban J connectivity index is 1.96. The van der Waals surface area contributed by atoms with Crippen molar-refractivity contribution in [3.63, 3.8) is 0 Å². The second-order valence-electron chi connectivity index (χ2n) is 6.07. The Morgan fingerprint density at radius 2 is 1.88 bits per heavy atom. The number of benzene rings is 2. The van der Waals surface area contributed by atoms with Crippen molar-refractivity contribution >= 4 is 17.7 Å². The molecular weight excluding hydrogens is 318 g/mol. The second-order valence-corrected chi connectivity index (χ2v) is 7.12. The highest BCUT2D eigenvalue weighted by atomic mass is 32.2. The SMILES string of the molecule is COc1ccc(C)cc1[C@H](C)NC(=O)CSc1ccc(C)c(C)c1. The number of rotatable bonds is 6. The quantitative estimate of drug-likeness (QED) is 0.780. The van der Waals surface area contributed by atoms with Gasteiger partial charge >= 0.3 is 0 Å². The summed E-state index contributed by atoms with van der Waals surface area (Å²) in [5, 5.41) is 3.05. The Bertz CT molecular complexity index is 728. The number of ether oxygens (including phenoxy) is 1. The van der Waals surface area contributed by atoms with Gasteiger partial charge in [0.05, 0.1) is 18.9 Å². The largest absolute Gasteiger partial charge is 0.496 e. The molecule has 1 amide bonds. The standard InChI is InChI=1S/C20H25NO2S/c1-13-6-9-19(23-5)18(10-13)16(4)21-20(22)12-24-17-8-7-14(2)15(3)11-17/h6-11,16H,12H2,1-5H3,(H,21,22)/t16-/m0/s1. The first-order chi connectivity index (χ1) is 11.4. The first kappa shape index (κ1) is 18.4. The Morgan fingerprint density at radius 3 is 2.54 bits per heavy atom. The third-order valence-electron chi connectivity index (χ3n) is 4.08. The second kappa shape index (κ2) is 8.25. The third kappa shape index (κ3) is 4.78. The fourth-order valence-corrected chi connectivity index (χ4v) is 3.31. The maximum atomic E-state index is 12.3. The molecule has 3 nitrogen and oxygen atoms in total. The summed E-state index contributed by atoms with van der Waals surface area (Å²) in [6.07, 6.45) is 0. The summed E-state index contributed by atoms with van der Waals surface area (Å²) in [6.45, 7) is 8.20. The minimum atomic E-state index is -0.0901. The predicted octanol–water partition coefficient (Wildman–Crippen LogP) is 4.59. The van der Waals surface area contributed by atoms with E-state index >= 15 is 0 Å². The topological polar surface area (TPSA) is 38.3 Å². The van der Waals surface area contributed by atoms with Gasteiger partial charge in [-0.2, -0.15) is 0 Å². The van der Waals surface area contributed by atoms with Crippen molar-refractivity contribution < 1.29 is 9.53 Å². The molecule has 0 aliphatic carbocycles. The van der Waals surface area contributed by atoms with Gasteiger partial charge in [0, 0.05) is 10.5 Å². The van der Waals surface area contributed by atoms with Gasteiger partial charge < -0.3 is 10.1 Å². The number of nitrogens with one attached hydrogen (secondary N) is 1. The lowest BCUT2D eigenvalue weighted by molar-refractivity contribution is -0.119. The van der Waals surface area contributed by atoms with Crippen LogP contribution in [0.1, 0.15) is 35.2 Å². The van der Waals surface area contributed by atoms with Crippen LogP contribution in [0.3, 0.4) is 0 Å². The number of hydrogen-bond donors (Lipinski definition) is 1. The van der Waals surface area contributed by atoms with E-state index in [0.29, 0.717) is 5.75 Å². The zero-order valence-electron chi connectivity index (χ0n) is 15.0. The number of carbonyl (C=O) groups is 1. The van der Waals surface area contributed by atoms with E-state index in [2.05, 4.69) is 43.4 Å². The highest BCUT2D eigenvalue weighted by Gasteiger charge is 2.14. The highest BCUT2D eigenvalue weighted by molar-refractivity contribution is 8.00. The number of carbonyl (C=O) groups excluding carboxylic acids is 1. The molecule has 0 heterocycles. The van der Waals surface area contributed by atoms with Gasteiger partial charge in [-0.15, -0.1) is 11.8 Å². The van der Waals surface area contributed by atoms with Gasteiger partial charge in [0.2, 0.25) is 5.91 Å². The van der Waals surface area contributed by atoms with Gasteiger partial charge in [0.1, 0.15) is 5.75 Å². The van der Waals surface area contributed by atoms with Gasteiger partial charge in [-0.3, -0.25) is 4.79 Å². The van der Waals surface area contributed by atoms with E-state index in [-0.39, 0.29) is 11.9 Å². The maximum Gasteiger partial charge on any atom is 0.230 e. The zero-order valence-corrected chi connectivity index (χ0v) is 15.8. The number of thioether (sulfide) groups is 1. The van der Waals surface area contributed by atoms with Crippen molar-refractivity contribution in [1.29, 1.82) is 0 Å². The molecular formula is C20H25NO2S. The fraction of sp³-hybridized carbons (Fsp3) is 0.350. The monoisotopic (exact) mass is 343 g/mol. The summed E-state index contributed by atoms with van der Waals surface area (Å²) in [5.41, 5.74) is 4.67. The third-order valence-corrected chi connectivity index (χ3v) is 5.07. The van der Waals surface area contributed by atoms with Crippen LogP contribution in [-0.2, 0) is 4.79 Å². The van der Waals surface area contributed by atoms with Crippen molar-refractivity contribution in [1.82, 2.24) is 5.32 Å². The Labute approximate surface area is 148 Å².